The molecule has 2 aliphatic rings. The molecule has 6 N–H and O–H groups in total. The number of thiophene rings is 1. The van der Waals surface area contributed by atoms with Gasteiger partial charge < -0.3 is 26.6 Å². The number of aromatic nitrogens is 3. The first-order chi connectivity index (χ1) is 23.1. The molecular formula is C34H33ClF2N8O2S. The summed E-state index contributed by atoms with van der Waals surface area (Å²) < 4.78 is 38.3. The smallest absolute Gasteiger partial charge is 0.319 e. The molecule has 2 aliphatic heterocycles. The molecule has 2 fully saturated rings. The van der Waals surface area contributed by atoms with Crippen molar-refractivity contribution >= 4 is 60.6 Å². The second kappa shape index (κ2) is 12.2. The van der Waals surface area contributed by atoms with Crippen molar-refractivity contribution in [3.8, 4) is 29.0 Å². The molecule has 5 aromatic rings. The van der Waals surface area contributed by atoms with Crippen LogP contribution in [0.5, 0.6) is 11.8 Å². The Morgan fingerprint density at radius 2 is 2.08 bits per heavy atom. The molecule has 2 saturated heterocycles. The van der Waals surface area contributed by atoms with Gasteiger partial charge in [-0.3, -0.25) is 4.90 Å². The van der Waals surface area contributed by atoms with Crippen molar-refractivity contribution in [1.82, 2.24) is 19.9 Å². The number of fused-ring (bicyclic) bond motifs is 3. The molecule has 248 valence electrons. The lowest BCUT2D eigenvalue weighted by Crippen LogP contribution is -2.43. The zero-order chi connectivity index (χ0) is 33.9. The number of ether oxygens (including phenoxy) is 1. The number of rotatable bonds is 8. The fourth-order valence-electron chi connectivity index (χ4n) is 7.38. The van der Waals surface area contributed by atoms with Gasteiger partial charge in [0.25, 0.3) is 0 Å². The number of benzene rings is 2. The molecule has 48 heavy (non-hydrogen) atoms. The number of phenolic OH excluding ortho intramolecular Hbond substituents is 1. The summed E-state index contributed by atoms with van der Waals surface area (Å²) in [4.78, 5) is 15.8. The summed E-state index contributed by atoms with van der Waals surface area (Å²) in [5.41, 5.74) is 12.2. The molecule has 2 aromatic carbocycles. The van der Waals surface area contributed by atoms with Crippen LogP contribution in [0.25, 0.3) is 32.1 Å². The molecule has 0 aliphatic carbocycles. The number of aromatic hydroxyl groups is 1. The number of hydrogen-bond donors (Lipinski definition) is 4. The lowest BCUT2D eigenvalue weighted by Gasteiger charge is -2.31. The third-order valence-corrected chi connectivity index (χ3v) is 11.2. The first-order valence-corrected chi connectivity index (χ1v) is 16.9. The highest BCUT2D eigenvalue weighted by molar-refractivity contribution is 7.23. The van der Waals surface area contributed by atoms with E-state index in [0.717, 1.165) is 56.2 Å². The van der Waals surface area contributed by atoms with Crippen LogP contribution >= 0.6 is 22.9 Å². The SMILES string of the molecule is CCC1CN2CCC[C@@]2(COc2nc(N[C@H](C)c3cccnc3N)c3c(O)c(Cl)c(-c4ccc(F)c5sc(N)c(C#N)c45)c(F)c3n2)C1. The van der Waals surface area contributed by atoms with Crippen molar-refractivity contribution in [1.29, 1.82) is 5.26 Å². The van der Waals surface area contributed by atoms with E-state index in [-0.39, 0.29) is 65.1 Å². The molecule has 10 nitrogen and oxygen atoms in total. The molecule has 0 amide bonds. The first-order valence-electron chi connectivity index (χ1n) is 15.7. The number of hydrogen-bond acceptors (Lipinski definition) is 11. The Balaban J connectivity index is 1.41. The van der Waals surface area contributed by atoms with Gasteiger partial charge in [0.2, 0.25) is 0 Å². The molecule has 0 radical (unpaired) electrons. The molecule has 0 bridgehead atoms. The van der Waals surface area contributed by atoms with Crippen molar-refractivity contribution < 1.29 is 18.6 Å². The van der Waals surface area contributed by atoms with Crippen LogP contribution in [0.15, 0.2) is 30.5 Å². The monoisotopic (exact) mass is 690 g/mol. The summed E-state index contributed by atoms with van der Waals surface area (Å²) in [5.74, 6) is -1.13. The fraction of sp³-hybridized carbons (Fsp3) is 0.353. The third kappa shape index (κ3) is 5.10. The molecule has 3 aromatic heterocycles. The highest BCUT2D eigenvalue weighted by Crippen LogP contribution is 2.50. The predicted octanol–water partition coefficient (Wildman–Crippen LogP) is 7.40. The number of nitrogen functional groups attached to an aromatic ring is 2. The van der Waals surface area contributed by atoms with E-state index in [2.05, 4.69) is 32.1 Å². The van der Waals surface area contributed by atoms with Crippen LogP contribution in [0.1, 0.15) is 56.7 Å². The highest BCUT2D eigenvalue weighted by atomic mass is 35.5. The molecule has 14 heteroatoms. The van der Waals surface area contributed by atoms with Crippen LogP contribution < -0.4 is 21.5 Å². The van der Waals surface area contributed by atoms with Gasteiger partial charge in [-0.25, -0.2) is 13.8 Å². The highest BCUT2D eigenvalue weighted by Gasteiger charge is 2.48. The maximum Gasteiger partial charge on any atom is 0.319 e. The first kappa shape index (κ1) is 32.1. The van der Waals surface area contributed by atoms with Crippen LogP contribution in [-0.2, 0) is 0 Å². The minimum absolute atomic E-state index is 0.0150. The number of halogens is 3. The topological polar surface area (TPSA) is 159 Å². The van der Waals surface area contributed by atoms with Crippen LogP contribution in [0.3, 0.4) is 0 Å². The van der Waals surface area contributed by atoms with Gasteiger partial charge in [0, 0.05) is 29.3 Å². The van der Waals surface area contributed by atoms with E-state index < -0.39 is 23.4 Å². The van der Waals surface area contributed by atoms with E-state index in [1.807, 2.05) is 13.0 Å². The average Bonchev–Trinajstić information content (AvgIpc) is 3.74. The van der Waals surface area contributed by atoms with E-state index in [9.17, 15) is 14.8 Å². The Kier molecular flexibility index (Phi) is 8.14. The average molecular weight is 691 g/mol. The van der Waals surface area contributed by atoms with Gasteiger partial charge in [-0.2, -0.15) is 15.2 Å². The number of nitrogens with two attached hydrogens (primary N) is 2. The second-order valence-electron chi connectivity index (χ2n) is 12.6. The number of nitriles is 1. The van der Waals surface area contributed by atoms with Gasteiger partial charge in [0.05, 0.1) is 32.3 Å². The summed E-state index contributed by atoms with van der Waals surface area (Å²) in [6.07, 6.45) is 5.66. The Bertz CT molecular complexity index is 2140. The zero-order valence-corrected chi connectivity index (χ0v) is 27.9. The summed E-state index contributed by atoms with van der Waals surface area (Å²) in [6, 6.07) is 7.40. The molecule has 1 unspecified atom stereocenters. The van der Waals surface area contributed by atoms with Crippen LogP contribution in [-0.4, -0.2) is 50.2 Å². The fourth-order valence-corrected chi connectivity index (χ4v) is 8.61. The van der Waals surface area contributed by atoms with Gasteiger partial charge in [-0.05, 0) is 56.3 Å². The summed E-state index contributed by atoms with van der Waals surface area (Å²) in [6.45, 7) is 6.32. The van der Waals surface area contributed by atoms with E-state index in [1.165, 1.54) is 6.07 Å². The molecule has 7 rings (SSSR count). The Morgan fingerprint density at radius 3 is 2.83 bits per heavy atom. The van der Waals surface area contributed by atoms with Crippen molar-refractivity contribution in [2.24, 2.45) is 5.92 Å². The minimum atomic E-state index is -0.911. The molecule has 0 spiro atoms. The van der Waals surface area contributed by atoms with Crippen molar-refractivity contribution in [2.75, 3.05) is 36.5 Å². The molecule has 0 saturated carbocycles. The van der Waals surface area contributed by atoms with Crippen molar-refractivity contribution in [2.45, 2.75) is 51.1 Å². The molecular weight excluding hydrogens is 658 g/mol. The summed E-state index contributed by atoms with van der Waals surface area (Å²) in [7, 11) is 0. The number of anilines is 3. The van der Waals surface area contributed by atoms with Gasteiger partial charge in [0.15, 0.2) is 5.82 Å². The minimum Gasteiger partial charge on any atom is -0.506 e. The number of nitrogens with zero attached hydrogens (tertiary/aromatic N) is 5. The maximum atomic E-state index is 17.0. The number of nitrogens with one attached hydrogen (secondary N) is 1. The quantitative estimate of drug-likeness (QED) is 0.129. The second-order valence-corrected chi connectivity index (χ2v) is 14.0. The third-order valence-electron chi connectivity index (χ3n) is 9.81. The summed E-state index contributed by atoms with van der Waals surface area (Å²) in [5, 5.41) is 24.4. The van der Waals surface area contributed by atoms with Gasteiger partial charge in [-0.1, -0.05) is 37.1 Å². The van der Waals surface area contributed by atoms with Crippen molar-refractivity contribution in [3.05, 3.63) is 58.2 Å². The summed E-state index contributed by atoms with van der Waals surface area (Å²) >= 11 is 7.61. The maximum absolute atomic E-state index is 17.0. The molecule has 5 heterocycles. The van der Waals surface area contributed by atoms with Gasteiger partial charge in [0.1, 0.15) is 46.4 Å². The Morgan fingerprint density at radius 1 is 1.27 bits per heavy atom. The van der Waals surface area contributed by atoms with Gasteiger partial charge in [-0.15, -0.1) is 11.3 Å². The zero-order valence-electron chi connectivity index (χ0n) is 26.3. The lowest BCUT2D eigenvalue weighted by atomic mass is 9.90. The molecule has 3 atom stereocenters. The van der Waals surface area contributed by atoms with Crippen LogP contribution in [0.4, 0.5) is 25.4 Å². The standard InChI is InChI=1S/C34H33ClF2N8O2S/c1-3-17-12-34(9-5-11-45(34)14-17)15-47-33-43-27-24(32(44-33)42-16(2)18-6-4-10-41-30(18)39)28(46)25(35)23(26(27)37)19-7-8-21(36)29-22(19)20(13-38)31(40)48-29/h4,6-8,10,16-17,46H,3,5,9,11-12,14-15,40H2,1-2H3,(H2,39,41)(H,42,43,44)/t16-,17?,34+/m1/s1. The van der Waals surface area contributed by atoms with E-state index in [1.54, 1.807) is 18.3 Å². The van der Waals surface area contributed by atoms with E-state index in [0.29, 0.717) is 23.9 Å². The largest absolute Gasteiger partial charge is 0.506 e. The normalized spacial score (nSPS) is 19.9. The van der Waals surface area contributed by atoms with Crippen molar-refractivity contribution in [3.63, 3.8) is 0 Å². The lowest BCUT2D eigenvalue weighted by molar-refractivity contribution is 0.107. The van der Waals surface area contributed by atoms with E-state index in [4.69, 9.17) is 27.8 Å². The van der Waals surface area contributed by atoms with Gasteiger partial charge >= 0.3 is 6.01 Å². The van der Waals surface area contributed by atoms with Crippen LogP contribution in [0, 0.1) is 28.9 Å². The Hall–Kier alpha value is -4.51. The predicted molar refractivity (Wildman–Crippen MR) is 184 cm³/mol. The number of pyridine rings is 1. The van der Waals surface area contributed by atoms with E-state index >= 15 is 4.39 Å². The Labute approximate surface area is 284 Å². The number of phenols is 1. The van der Waals surface area contributed by atoms with Crippen LogP contribution in [0.2, 0.25) is 5.02 Å².